The van der Waals surface area contributed by atoms with Gasteiger partial charge in [0.05, 0.1) is 13.2 Å². The number of rotatable bonds is 5. The first-order valence-electron chi connectivity index (χ1n) is 7.81. The van der Waals surface area contributed by atoms with Gasteiger partial charge in [0.25, 0.3) is 10.2 Å². The molecule has 24 heavy (non-hydrogen) atoms. The Morgan fingerprint density at radius 2 is 1.88 bits per heavy atom. The van der Waals surface area contributed by atoms with Gasteiger partial charge in [-0.2, -0.15) is 17.4 Å². The molecule has 2 heterocycles. The molecule has 132 valence electrons. The number of nitrogens with one attached hydrogen (secondary N) is 1. The summed E-state index contributed by atoms with van der Waals surface area (Å²) in [5.74, 6) is -0.448. The van der Waals surface area contributed by atoms with Gasteiger partial charge < -0.3 is 9.64 Å². The van der Waals surface area contributed by atoms with Gasteiger partial charge in [0.2, 0.25) is 5.91 Å². The Morgan fingerprint density at radius 1 is 1.21 bits per heavy atom. The highest BCUT2D eigenvalue weighted by Crippen LogP contribution is 2.17. The molecule has 7 nitrogen and oxygen atoms in total. The van der Waals surface area contributed by atoms with Gasteiger partial charge in [-0.05, 0) is 17.7 Å². The van der Waals surface area contributed by atoms with Crippen molar-refractivity contribution in [2.75, 3.05) is 32.8 Å². The van der Waals surface area contributed by atoms with E-state index in [9.17, 15) is 17.6 Å². The van der Waals surface area contributed by atoms with Crippen LogP contribution in [-0.2, 0) is 26.3 Å². The van der Waals surface area contributed by atoms with E-state index in [1.807, 2.05) is 0 Å². The summed E-state index contributed by atoms with van der Waals surface area (Å²) >= 11 is 0. The number of nitrogens with zero attached hydrogens (tertiary/aromatic N) is 2. The molecule has 1 aromatic rings. The maximum absolute atomic E-state index is 12.9. The van der Waals surface area contributed by atoms with Crippen molar-refractivity contribution in [1.82, 2.24) is 13.9 Å². The molecular weight excluding hydrogens is 337 g/mol. The molecule has 0 unspecified atom stereocenters. The predicted octanol–water partition coefficient (Wildman–Crippen LogP) is 0.0932. The lowest BCUT2D eigenvalue weighted by molar-refractivity contribution is -0.128. The third-order valence-corrected chi connectivity index (χ3v) is 5.80. The molecule has 0 saturated carbocycles. The van der Waals surface area contributed by atoms with E-state index < -0.39 is 16.3 Å². The van der Waals surface area contributed by atoms with E-state index in [1.165, 1.54) is 16.4 Å². The van der Waals surface area contributed by atoms with Crippen LogP contribution in [0.4, 0.5) is 4.39 Å². The van der Waals surface area contributed by atoms with Gasteiger partial charge in [0.15, 0.2) is 0 Å². The fourth-order valence-electron chi connectivity index (χ4n) is 2.89. The second kappa shape index (κ2) is 7.14. The molecule has 9 heteroatoms. The van der Waals surface area contributed by atoms with E-state index in [0.29, 0.717) is 39.4 Å². The topological polar surface area (TPSA) is 79.0 Å². The standard InChI is InChI=1S/C15H20FN3O4S/c16-13-3-1-12(2-4-13)10-18-11-14(9-15(18)20)17-24(21,22)19-5-7-23-8-6-19/h1-4,14,17H,5-11H2/t14-/m1/s1. The van der Waals surface area contributed by atoms with Gasteiger partial charge in [-0.3, -0.25) is 4.79 Å². The Hall–Kier alpha value is -1.55. The smallest absolute Gasteiger partial charge is 0.279 e. The summed E-state index contributed by atoms with van der Waals surface area (Å²) in [7, 11) is -3.62. The van der Waals surface area contributed by atoms with Crippen LogP contribution < -0.4 is 4.72 Å². The normalized spacial score (nSPS) is 23.0. The molecule has 1 N–H and O–H groups in total. The summed E-state index contributed by atoms with van der Waals surface area (Å²) in [5.41, 5.74) is 0.807. The van der Waals surface area contributed by atoms with Crippen LogP contribution in [0.2, 0.25) is 0 Å². The number of benzene rings is 1. The van der Waals surface area contributed by atoms with E-state index in [4.69, 9.17) is 4.74 Å². The number of carbonyl (C=O) groups is 1. The largest absolute Gasteiger partial charge is 0.379 e. The average molecular weight is 357 g/mol. The number of hydrogen-bond acceptors (Lipinski definition) is 4. The van der Waals surface area contributed by atoms with Crippen LogP contribution in [0.15, 0.2) is 24.3 Å². The van der Waals surface area contributed by atoms with Crippen molar-refractivity contribution in [3.8, 4) is 0 Å². The fraction of sp³-hybridized carbons (Fsp3) is 0.533. The van der Waals surface area contributed by atoms with E-state index in [-0.39, 0.29) is 18.1 Å². The Balaban J connectivity index is 1.59. The summed E-state index contributed by atoms with van der Waals surface area (Å²) in [6.07, 6.45) is 0.130. The molecule has 2 aliphatic heterocycles. The lowest BCUT2D eigenvalue weighted by atomic mass is 10.2. The maximum Gasteiger partial charge on any atom is 0.279 e. The van der Waals surface area contributed by atoms with E-state index in [2.05, 4.69) is 4.72 Å². The first kappa shape index (κ1) is 17.3. The van der Waals surface area contributed by atoms with Gasteiger partial charge in [-0.25, -0.2) is 4.39 Å². The van der Waals surface area contributed by atoms with Gasteiger partial charge in [-0.1, -0.05) is 12.1 Å². The van der Waals surface area contributed by atoms with E-state index in [0.717, 1.165) is 5.56 Å². The molecule has 1 atom stereocenters. The highest BCUT2D eigenvalue weighted by molar-refractivity contribution is 7.87. The first-order valence-corrected chi connectivity index (χ1v) is 9.25. The minimum atomic E-state index is -3.62. The first-order chi connectivity index (χ1) is 11.4. The Labute approximate surface area is 140 Å². The third kappa shape index (κ3) is 4.10. The zero-order valence-corrected chi connectivity index (χ0v) is 14.0. The van der Waals surface area contributed by atoms with Crippen LogP contribution in [0.5, 0.6) is 0 Å². The molecule has 2 saturated heterocycles. The van der Waals surface area contributed by atoms with Crippen molar-refractivity contribution in [1.29, 1.82) is 0 Å². The average Bonchev–Trinajstić information content (AvgIpc) is 2.89. The minimum absolute atomic E-state index is 0.117. The van der Waals surface area contributed by atoms with Gasteiger partial charge in [0, 0.05) is 38.6 Å². The van der Waals surface area contributed by atoms with Crippen molar-refractivity contribution >= 4 is 16.1 Å². The number of amides is 1. The van der Waals surface area contributed by atoms with Crippen LogP contribution in [0.1, 0.15) is 12.0 Å². The lowest BCUT2D eigenvalue weighted by Crippen LogP contribution is -2.50. The monoisotopic (exact) mass is 357 g/mol. The Kier molecular flexibility index (Phi) is 5.14. The quantitative estimate of drug-likeness (QED) is 0.810. The van der Waals surface area contributed by atoms with Gasteiger partial charge in [0.1, 0.15) is 5.82 Å². The molecule has 0 bridgehead atoms. The molecule has 0 aliphatic carbocycles. The van der Waals surface area contributed by atoms with Crippen molar-refractivity contribution in [3.05, 3.63) is 35.6 Å². The zero-order chi connectivity index (χ0) is 17.2. The molecule has 2 aliphatic rings. The number of carbonyl (C=O) groups excluding carboxylic acids is 1. The van der Waals surface area contributed by atoms with Crippen LogP contribution in [0, 0.1) is 5.82 Å². The number of morpholine rings is 1. The molecule has 0 radical (unpaired) electrons. The highest BCUT2D eigenvalue weighted by atomic mass is 32.2. The minimum Gasteiger partial charge on any atom is -0.379 e. The van der Waals surface area contributed by atoms with Gasteiger partial charge >= 0.3 is 0 Å². The highest BCUT2D eigenvalue weighted by Gasteiger charge is 2.34. The van der Waals surface area contributed by atoms with Crippen LogP contribution >= 0.6 is 0 Å². The number of hydrogen-bond donors (Lipinski definition) is 1. The third-order valence-electron chi connectivity index (χ3n) is 4.13. The zero-order valence-electron chi connectivity index (χ0n) is 13.2. The van der Waals surface area contributed by atoms with Crippen molar-refractivity contribution in [3.63, 3.8) is 0 Å². The molecule has 2 fully saturated rings. The van der Waals surface area contributed by atoms with E-state index in [1.54, 1.807) is 17.0 Å². The molecule has 0 aromatic heterocycles. The summed E-state index contributed by atoms with van der Waals surface area (Å²) < 4.78 is 46.7. The summed E-state index contributed by atoms with van der Waals surface area (Å²) in [4.78, 5) is 13.7. The lowest BCUT2D eigenvalue weighted by Gasteiger charge is -2.27. The molecule has 0 spiro atoms. The summed E-state index contributed by atoms with van der Waals surface area (Å²) in [5, 5.41) is 0. The number of halogens is 1. The van der Waals surface area contributed by atoms with Crippen molar-refractivity contribution in [2.45, 2.75) is 19.0 Å². The molecule has 1 aromatic carbocycles. The van der Waals surface area contributed by atoms with Crippen LogP contribution in [-0.4, -0.2) is 62.4 Å². The van der Waals surface area contributed by atoms with Gasteiger partial charge in [-0.15, -0.1) is 0 Å². The van der Waals surface area contributed by atoms with Crippen molar-refractivity contribution in [2.24, 2.45) is 0 Å². The van der Waals surface area contributed by atoms with Crippen LogP contribution in [0.3, 0.4) is 0 Å². The van der Waals surface area contributed by atoms with Crippen LogP contribution in [0.25, 0.3) is 0 Å². The molecule has 3 rings (SSSR count). The number of ether oxygens (including phenoxy) is 1. The number of likely N-dealkylation sites (tertiary alicyclic amines) is 1. The summed E-state index contributed by atoms with van der Waals surface area (Å²) in [6.45, 7) is 2.03. The maximum atomic E-state index is 12.9. The second-order valence-corrected chi connectivity index (χ2v) is 7.64. The molecular formula is C15H20FN3O4S. The predicted molar refractivity (Wildman–Crippen MR) is 84.7 cm³/mol. The Morgan fingerprint density at radius 3 is 2.54 bits per heavy atom. The second-order valence-electron chi connectivity index (χ2n) is 5.94. The Bertz CT molecular complexity index is 689. The van der Waals surface area contributed by atoms with Crippen molar-refractivity contribution < 1.29 is 22.3 Å². The fourth-order valence-corrected chi connectivity index (χ4v) is 4.24. The molecule has 1 amide bonds. The van der Waals surface area contributed by atoms with E-state index >= 15 is 0 Å². The summed E-state index contributed by atoms with van der Waals surface area (Å²) in [6, 6.07) is 5.47. The SMILES string of the molecule is O=C1C[C@@H](NS(=O)(=O)N2CCOCC2)CN1Cc1ccc(F)cc1.